The minimum atomic E-state index is -0.359. The predicted octanol–water partition coefficient (Wildman–Crippen LogP) is 5.95. The molecule has 0 spiro atoms. The molecular formula is C22H38O. The average Bonchev–Trinajstić information content (AvgIpc) is 2.79. The molecular weight excluding hydrogens is 280 g/mol. The van der Waals surface area contributed by atoms with Crippen molar-refractivity contribution in [2.45, 2.75) is 103 Å². The van der Waals surface area contributed by atoms with Gasteiger partial charge in [-0.25, -0.2) is 0 Å². The monoisotopic (exact) mass is 318 g/mol. The molecule has 0 aromatic carbocycles. The van der Waals surface area contributed by atoms with Crippen molar-refractivity contribution in [1.29, 1.82) is 0 Å². The Morgan fingerprint density at radius 3 is 2.43 bits per heavy atom. The highest BCUT2D eigenvalue weighted by molar-refractivity contribution is 5.13. The molecule has 4 saturated carbocycles. The van der Waals surface area contributed by atoms with Crippen molar-refractivity contribution < 1.29 is 5.11 Å². The molecule has 4 aliphatic rings. The fourth-order valence-corrected chi connectivity index (χ4v) is 8.23. The van der Waals surface area contributed by atoms with E-state index in [2.05, 4.69) is 20.8 Å². The molecule has 1 nitrogen and oxygen atoms in total. The van der Waals surface area contributed by atoms with Gasteiger partial charge in [0.2, 0.25) is 0 Å². The lowest BCUT2D eigenvalue weighted by Crippen LogP contribution is -2.56. The van der Waals surface area contributed by atoms with Crippen molar-refractivity contribution in [3.63, 3.8) is 0 Å². The first-order valence-electron chi connectivity index (χ1n) is 10.7. The first-order chi connectivity index (χ1) is 10.9. The fraction of sp³-hybridized carbons (Fsp3) is 1.00. The van der Waals surface area contributed by atoms with Gasteiger partial charge in [-0.3, -0.25) is 0 Å². The lowest BCUT2D eigenvalue weighted by molar-refractivity contribution is -0.153. The summed E-state index contributed by atoms with van der Waals surface area (Å²) in [4.78, 5) is 0. The van der Waals surface area contributed by atoms with E-state index in [1.165, 1.54) is 57.8 Å². The van der Waals surface area contributed by atoms with Crippen molar-refractivity contribution in [2.24, 2.45) is 34.5 Å². The summed E-state index contributed by atoms with van der Waals surface area (Å²) in [6.07, 6.45) is 16.1. The van der Waals surface area contributed by atoms with Crippen LogP contribution in [0.25, 0.3) is 0 Å². The summed E-state index contributed by atoms with van der Waals surface area (Å²) >= 11 is 0. The zero-order chi connectivity index (χ0) is 16.3. The minimum Gasteiger partial charge on any atom is -0.389 e. The van der Waals surface area contributed by atoms with Crippen molar-refractivity contribution >= 4 is 0 Å². The summed E-state index contributed by atoms with van der Waals surface area (Å²) in [6, 6.07) is 0. The second kappa shape index (κ2) is 5.48. The Morgan fingerprint density at radius 1 is 0.870 bits per heavy atom. The molecule has 1 N–H and O–H groups in total. The molecule has 0 radical (unpaired) electrons. The van der Waals surface area contributed by atoms with Crippen molar-refractivity contribution in [1.82, 2.24) is 0 Å². The van der Waals surface area contributed by atoms with Crippen LogP contribution in [-0.2, 0) is 0 Å². The summed E-state index contributed by atoms with van der Waals surface area (Å²) in [6.45, 7) is 7.36. The van der Waals surface area contributed by atoms with Gasteiger partial charge in [-0.15, -0.1) is 0 Å². The van der Waals surface area contributed by atoms with E-state index in [4.69, 9.17) is 0 Å². The molecule has 4 rings (SSSR count). The van der Waals surface area contributed by atoms with Crippen molar-refractivity contribution in [3.05, 3.63) is 0 Å². The summed E-state index contributed by atoms with van der Waals surface area (Å²) in [5.41, 5.74) is 0.484. The molecule has 0 heterocycles. The molecule has 0 aromatic heterocycles. The Kier molecular flexibility index (Phi) is 3.91. The van der Waals surface area contributed by atoms with Crippen LogP contribution < -0.4 is 0 Å². The summed E-state index contributed by atoms with van der Waals surface area (Å²) in [5.74, 6) is 3.69. The zero-order valence-electron chi connectivity index (χ0n) is 15.7. The summed E-state index contributed by atoms with van der Waals surface area (Å²) < 4.78 is 0. The quantitative estimate of drug-likeness (QED) is 0.667. The largest absolute Gasteiger partial charge is 0.389 e. The van der Waals surface area contributed by atoms with E-state index in [0.717, 1.165) is 42.9 Å². The number of rotatable bonds is 2. The van der Waals surface area contributed by atoms with Gasteiger partial charge >= 0.3 is 0 Å². The van der Waals surface area contributed by atoms with Gasteiger partial charge in [0.1, 0.15) is 0 Å². The topological polar surface area (TPSA) is 20.2 Å². The van der Waals surface area contributed by atoms with E-state index in [1.807, 2.05) is 0 Å². The third-order valence-corrected chi connectivity index (χ3v) is 9.57. The van der Waals surface area contributed by atoms with Gasteiger partial charge in [-0.2, -0.15) is 0 Å². The lowest BCUT2D eigenvalue weighted by atomic mass is 9.44. The highest BCUT2D eigenvalue weighted by Crippen LogP contribution is 2.68. The minimum absolute atomic E-state index is 0.210. The first-order valence-corrected chi connectivity index (χ1v) is 10.7. The standard InChI is InChI=1S/C22H38O/c1-4-12-22(23)15-11-19-17-9-8-16-7-5-6-13-20(16,2)18(17)10-14-21(19,22)3/h16-19,23H,4-15H2,1-3H3/t16-,17-,18+,19-,20+,21+,22+/m1/s1. The highest BCUT2D eigenvalue weighted by atomic mass is 16.3. The second-order valence-corrected chi connectivity index (χ2v) is 10.2. The van der Waals surface area contributed by atoms with Crippen molar-refractivity contribution in [3.8, 4) is 0 Å². The molecule has 0 unspecified atom stereocenters. The van der Waals surface area contributed by atoms with Crippen LogP contribution in [-0.4, -0.2) is 10.7 Å². The van der Waals surface area contributed by atoms with Crippen LogP contribution >= 0.6 is 0 Å². The van der Waals surface area contributed by atoms with Gasteiger partial charge in [0.15, 0.2) is 0 Å². The SMILES string of the molecule is CCC[C@]1(O)CC[C@@H]2[C@@H]3CC[C@H]4CCCC[C@]4(C)[C@H]3CC[C@@]21C. The number of hydrogen-bond donors (Lipinski definition) is 1. The molecule has 0 aromatic rings. The van der Waals surface area contributed by atoms with Crippen molar-refractivity contribution in [2.75, 3.05) is 0 Å². The second-order valence-electron chi connectivity index (χ2n) is 10.2. The van der Waals surface area contributed by atoms with E-state index in [0.29, 0.717) is 5.41 Å². The Hall–Kier alpha value is -0.0400. The van der Waals surface area contributed by atoms with E-state index in [1.54, 1.807) is 0 Å². The average molecular weight is 319 g/mol. The van der Waals surface area contributed by atoms with Gasteiger partial charge in [0.05, 0.1) is 5.60 Å². The third-order valence-electron chi connectivity index (χ3n) is 9.57. The zero-order valence-corrected chi connectivity index (χ0v) is 15.7. The maximum atomic E-state index is 11.4. The molecule has 7 atom stereocenters. The van der Waals surface area contributed by atoms with Crippen LogP contribution in [0.15, 0.2) is 0 Å². The molecule has 0 aliphatic heterocycles. The molecule has 132 valence electrons. The summed E-state index contributed by atoms with van der Waals surface area (Å²) in [5, 5.41) is 11.4. The predicted molar refractivity (Wildman–Crippen MR) is 96.2 cm³/mol. The van der Waals surface area contributed by atoms with E-state index >= 15 is 0 Å². The first kappa shape index (κ1) is 16.4. The van der Waals surface area contributed by atoms with Gasteiger partial charge in [0, 0.05) is 0 Å². The smallest absolute Gasteiger partial charge is 0.0703 e. The van der Waals surface area contributed by atoms with Crippen LogP contribution in [0.5, 0.6) is 0 Å². The molecule has 23 heavy (non-hydrogen) atoms. The van der Waals surface area contributed by atoms with E-state index in [9.17, 15) is 5.11 Å². The van der Waals surface area contributed by atoms with Crippen LogP contribution in [0.3, 0.4) is 0 Å². The van der Waals surface area contributed by atoms with Gasteiger partial charge < -0.3 is 5.11 Å². The molecule has 4 fully saturated rings. The van der Waals surface area contributed by atoms with Gasteiger partial charge in [-0.05, 0) is 92.3 Å². The lowest BCUT2D eigenvalue weighted by Gasteiger charge is -2.61. The Morgan fingerprint density at radius 2 is 1.65 bits per heavy atom. The Labute approximate surface area is 143 Å². The molecule has 0 saturated heterocycles. The number of aliphatic hydroxyl groups is 1. The van der Waals surface area contributed by atoms with E-state index < -0.39 is 0 Å². The van der Waals surface area contributed by atoms with Crippen LogP contribution in [0.1, 0.15) is 97.8 Å². The molecule has 4 aliphatic carbocycles. The Balaban J connectivity index is 1.63. The van der Waals surface area contributed by atoms with Gasteiger partial charge in [-0.1, -0.05) is 40.0 Å². The highest BCUT2D eigenvalue weighted by Gasteiger charge is 2.63. The molecule has 0 bridgehead atoms. The normalized spacial score (nSPS) is 55.8. The van der Waals surface area contributed by atoms with E-state index in [-0.39, 0.29) is 11.0 Å². The number of fused-ring (bicyclic) bond motifs is 5. The maximum absolute atomic E-state index is 11.4. The molecule has 1 heteroatoms. The molecule has 0 amide bonds. The van der Waals surface area contributed by atoms with Crippen LogP contribution in [0.4, 0.5) is 0 Å². The fourth-order valence-electron chi connectivity index (χ4n) is 8.23. The maximum Gasteiger partial charge on any atom is 0.0703 e. The third kappa shape index (κ3) is 2.14. The van der Waals surface area contributed by atoms with Gasteiger partial charge in [0.25, 0.3) is 0 Å². The Bertz CT molecular complexity index is 459. The van der Waals surface area contributed by atoms with Crippen LogP contribution in [0.2, 0.25) is 0 Å². The summed E-state index contributed by atoms with van der Waals surface area (Å²) in [7, 11) is 0. The van der Waals surface area contributed by atoms with Crippen LogP contribution in [0, 0.1) is 34.5 Å². The number of hydrogen-bond acceptors (Lipinski definition) is 1.